The van der Waals surface area contributed by atoms with Crippen LogP contribution in [-0.4, -0.2) is 59.2 Å². The smallest absolute Gasteiger partial charge is 0.325 e. The summed E-state index contributed by atoms with van der Waals surface area (Å²) in [5, 5.41) is 2.93. The molecule has 1 aromatic rings. The van der Waals surface area contributed by atoms with E-state index in [1.165, 1.54) is 23.4 Å². The Labute approximate surface area is 180 Å². The summed E-state index contributed by atoms with van der Waals surface area (Å²) in [6, 6.07) is 7.19. The number of carbonyl (C=O) groups excluding carboxylic acids is 3. The Morgan fingerprint density at radius 3 is 2.67 bits per heavy atom. The maximum atomic E-state index is 13.0. The van der Waals surface area contributed by atoms with Crippen LogP contribution in [0.4, 0.5) is 10.5 Å². The van der Waals surface area contributed by atoms with Gasteiger partial charge in [0, 0.05) is 10.6 Å². The molecule has 7 nitrogen and oxygen atoms in total. The first-order valence-electron chi connectivity index (χ1n) is 9.88. The molecule has 0 spiro atoms. The van der Waals surface area contributed by atoms with Gasteiger partial charge in [-0.15, -0.1) is 16.8 Å². The minimum Gasteiger partial charge on any atom is -0.325 e. The molecule has 30 heavy (non-hydrogen) atoms. The standard InChI is InChI=1S/C22H26N4O3S/c1-13(2)10-15-11-23-20-18(21(28)26(5)22(29)25(20)4)19(15)30-12-17(27)24-16-9-7-6-8-14(16)3/h6-9,11,13,18H,10,12H2,1-5H3/p+1. The van der Waals surface area contributed by atoms with Gasteiger partial charge in [0.2, 0.25) is 5.91 Å². The van der Waals surface area contributed by atoms with Crippen LogP contribution in [0.15, 0.2) is 39.7 Å². The van der Waals surface area contributed by atoms with Crippen molar-refractivity contribution in [1.82, 2.24) is 4.90 Å². The van der Waals surface area contributed by atoms with Gasteiger partial charge >= 0.3 is 11.9 Å². The number of hydrogen-bond acceptors (Lipinski definition) is 5. The molecule has 1 unspecified atom stereocenters. The molecular weight excluding hydrogens is 400 g/mol. The fourth-order valence-corrected chi connectivity index (χ4v) is 4.56. The van der Waals surface area contributed by atoms with E-state index in [1.54, 1.807) is 13.3 Å². The molecule has 1 atom stereocenters. The highest BCUT2D eigenvalue weighted by Gasteiger charge is 2.48. The predicted octanol–water partition coefficient (Wildman–Crippen LogP) is 3.30. The average molecular weight is 428 g/mol. The van der Waals surface area contributed by atoms with Crippen molar-refractivity contribution in [2.75, 3.05) is 25.2 Å². The van der Waals surface area contributed by atoms with Crippen molar-refractivity contribution < 1.29 is 19.0 Å². The number of carbonyl (C=O) groups is 3. The first-order chi connectivity index (χ1) is 14.2. The van der Waals surface area contributed by atoms with Crippen LogP contribution in [0.2, 0.25) is 0 Å². The van der Waals surface area contributed by atoms with Gasteiger partial charge in [0.05, 0.1) is 19.8 Å². The number of rotatable bonds is 6. The highest BCUT2D eigenvalue weighted by Crippen LogP contribution is 2.36. The maximum absolute atomic E-state index is 13.0. The number of aliphatic imine (C=N–C) groups is 1. The Kier molecular flexibility index (Phi) is 6.55. The number of para-hydroxylation sites is 1. The van der Waals surface area contributed by atoms with Crippen molar-refractivity contribution in [2.24, 2.45) is 16.8 Å². The van der Waals surface area contributed by atoms with E-state index in [-0.39, 0.29) is 17.6 Å². The Morgan fingerprint density at radius 2 is 2.00 bits per heavy atom. The molecule has 0 bridgehead atoms. The first kappa shape index (κ1) is 22.0. The number of dihydropyridines is 1. The maximum Gasteiger partial charge on any atom is 0.445 e. The minimum atomic E-state index is -0.660. The molecule has 4 amide bonds. The zero-order chi connectivity index (χ0) is 22.0. The van der Waals surface area contributed by atoms with Crippen LogP contribution in [0.3, 0.4) is 0 Å². The van der Waals surface area contributed by atoms with Crippen LogP contribution in [0.5, 0.6) is 0 Å². The quantitative estimate of drug-likeness (QED) is 0.706. The molecule has 2 aliphatic heterocycles. The first-order valence-corrected chi connectivity index (χ1v) is 10.9. The second-order valence-corrected chi connectivity index (χ2v) is 8.94. The minimum absolute atomic E-state index is 0.143. The van der Waals surface area contributed by atoms with Crippen molar-refractivity contribution in [3.8, 4) is 0 Å². The van der Waals surface area contributed by atoms with Gasteiger partial charge in [-0.3, -0.25) is 9.59 Å². The number of anilines is 1. The summed E-state index contributed by atoms with van der Waals surface area (Å²) in [5.41, 5.74) is 2.70. The van der Waals surface area contributed by atoms with Gasteiger partial charge < -0.3 is 5.32 Å². The van der Waals surface area contributed by atoms with Crippen LogP contribution in [0, 0.1) is 18.8 Å². The normalized spacial score (nSPS) is 19.0. The zero-order valence-electron chi connectivity index (χ0n) is 17.9. The van der Waals surface area contributed by atoms with Gasteiger partial charge in [-0.25, -0.2) is 4.79 Å². The van der Waals surface area contributed by atoms with E-state index >= 15 is 0 Å². The number of allylic oxidation sites excluding steroid dienone is 1. The predicted molar refractivity (Wildman–Crippen MR) is 120 cm³/mol. The third-order valence-corrected chi connectivity index (χ3v) is 6.31. The lowest BCUT2D eigenvalue weighted by Gasteiger charge is -2.28. The van der Waals surface area contributed by atoms with E-state index in [0.29, 0.717) is 11.8 Å². The van der Waals surface area contributed by atoms with Crippen molar-refractivity contribution in [2.45, 2.75) is 27.2 Å². The van der Waals surface area contributed by atoms with Crippen molar-refractivity contribution in [1.29, 1.82) is 0 Å². The lowest BCUT2D eigenvalue weighted by atomic mass is 9.94. The highest BCUT2D eigenvalue weighted by atomic mass is 32.2. The fourth-order valence-electron chi connectivity index (χ4n) is 3.51. The van der Waals surface area contributed by atoms with E-state index in [4.69, 9.17) is 0 Å². The summed E-state index contributed by atoms with van der Waals surface area (Å²) in [4.78, 5) is 44.2. The van der Waals surface area contributed by atoms with E-state index < -0.39 is 11.9 Å². The Morgan fingerprint density at radius 1 is 1.30 bits per heavy atom. The lowest BCUT2D eigenvalue weighted by Crippen LogP contribution is -2.52. The molecule has 8 heteroatoms. The SMILES string of the molecule is Cc1ccccc1NC(=O)CSC1=C(CC(C)C)C=NC2=[N+](C)C(=O)N(C)C(=O)C12. The molecule has 0 saturated carbocycles. The average Bonchev–Trinajstić information content (AvgIpc) is 2.70. The molecule has 2 aliphatic rings. The van der Waals surface area contributed by atoms with E-state index in [0.717, 1.165) is 33.0 Å². The summed E-state index contributed by atoms with van der Waals surface area (Å²) in [6.45, 7) is 6.13. The van der Waals surface area contributed by atoms with Crippen LogP contribution < -0.4 is 5.32 Å². The Hall–Kier alpha value is -2.74. The molecule has 3 rings (SSSR count). The van der Waals surface area contributed by atoms with Gasteiger partial charge in [0.1, 0.15) is 6.21 Å². The summed E-state index contributed by atoms with van der Waals surface area (Å²) in [7, 11) is 3.09. The van der Waals surface area contributed by atoms with Gasteiger partial charge in [-0.2, -0.15) is 9.48 Å². The van der Waals surface area contributed by atoms with Gasteiger partial charge in [0.15, 0.2) is 5.92 Å². The van der Waals surface area contributed by atoms with Crippen LogP contribution >= 0.6 is 11.8 Å². The largest absolute Gasteiger partial charge is 0.445 e. The molecule has 0 radical (unpaired) electrons. The summed E-state index contributed by atoms with van der Waals surface area (Å²) >= 11 is 1.35. The number of nitrogens with one attached hydrogen (secondary N) is 1. The van der Waals surface area contributed by atoms with Crippen molar-refractivity contribution in [3.05, 3.63) is 40.3 Å². The van der Waals surface area contributed by atoms with Crippen molar-refractivity contribution in [3.63, 3.8) is 0 Å². The van der Waals surface area contributed by atoms with E-state index in [2.05, 4.69) is 24.2 Å². The number of benzene rings is 1. The van der Waals surface area contributed by atoms with Crippen LogP contribution in [0.1, 0.15) is 25.8 Å². The Balaban J connectivity index is 1.88. The number of aryl methyl sites for hydroxylation is 1. The van der Waals surface area contributed by atoms with Crippen LogP contribution in [0.25, 0.3) is 0 Å². The molecular formula is C22H27N4O3S+. The number of thioether (sulfide) groups is 1. The highest BCUT2D eigenvalue weighted by molar-refractivity contribution is 8.03. The fraction of sp³-hybridized carbons (Fsp3) is 0.409. The molecule has 1 N–H and O–H groups in total. The number of hydrogen-bond donors (Lipinski definition) is 1. The van der Waals surface area contributed by atoms with Crippen LogP contribution in [-0.2, 0) is 9.59 Å². The number of imide groups is 1. The molecule has 1 aromatic carbocycles. The van der Waals surface area contributed by atoms with Gasteiger partial charge in [0.25, 0.3) is 5.84 Å². The van der Waals surface area contributed by atoms with Crippen molar-refractivity contribution >= 4 is 47.3 Å². The molecule has 0 fully saturated rings. The third-order valence-electron chi connectivity index (χ3n) is 5.09. The third kappa shape index (κ3) is 4.38. The number of urea groups is 1. The number of amidine groups is 1. The summed E-state index contributed by atoms with van der Waals surface area (Å²) in [6.07, 6.45) is 2.47. The summed E-state index contributed by atoms with van der Waals surface area (Å²) < 4.78 is 1.41. The van der Waals surface area contributed by atoms with E-state index in [1.807, 2.05) is 31.2 Å². The number of fused-ring (bicyclic) bond motifs is 1. The molecule has 0 aliphatic carbocycles. The lowest BCUT2D eigenvalue weighted by molar-refractivity contribution is -0.407. The van der Waals surface area contributed by atoms with E-state index in [9.17, 15) is 14.4 Å². The monoisotopic (exact) mass is 427 g/mol. The second kappa shape index (κ2) is 8.95. The van der Waals surface area contributed by atoms with Gasteiger partial charge in [-0.05, 0) is 36.5 Å². The number of nitrogens with zero attached hydrogens (tertiary/aromatic N) is 3. The Bertz CT molecular complexity index is 994. The zero-order valence-corrected chi connectivity index (χ0v) is 18.7. The molecule has 158 valence electrons. The summed E-state index contributed by atoms with van der Waals surface area (Å²) in [5.74, 6) is -0.175. The van der Waals surface area contributed by atoms with Gasteiger partial charge in [-0.1, -0.05) is 32.0 Å². The topological polar surface area (TPSA) is 81.8 Å². The molecule has 0 aromatic heterocycles. The molecule has 2 heterocycles. The second-order valence-electron chi connectivity index (χ2n) is 7.93. The molecule has 0 saturated heterocycles. The number of amides is 4.